The molecule has 0 aliphatic rings. The van der Waals surface area contributed by atoms with Crippen molar-refractivity contribution in [3.63, 3.8) is 0 Å². The van der Waals surface area contributed by atoms with Crippen molar-refractivity contribution in [1.29, 1.82) is 0 Å². The molecule has 0 aliphatic heterocycles. The van der Waals surface area contributed by atoms with E-state index >= 15 is 0 Å². The Balaban J connectivity index is 2.33. The van der Waals surface area contributed by atoms with Crippen molar-refractivity contribution in [2.24, 2.45) is 0 Å². The van der Waals surface area contributed by atoms with Crippen molar-refractivity contribution >= 4 is 16.9 Å². The fourth-order valence-electron chi connectivity index (χ4n) is 2.43. The smallest absolute Gasteiger partial charge is 0.320 e. The van der Waals surface area contributed by atoms with E-state index < -0.39 is 12.0 Å². The highest BCUT2D eigenvalue weighted by molar-refractivity contribution is 5.77. The molecule has 2 N–H and O–H groups in total. The normalized spacial score (nSPS) is 12.7. The molecule has 0 fully saturated rings. The number of aromatic amines is 1. The molecule has 1 aromatic heterocycles. The molecule has 1 unspecified atom stereocenters. The zero-order chi connectivity index (χ0) is 15.4. The lowest BCUT2D eigenvalue weighted by molar-refractivity contribution is -0.143. The van der Waals surface area contributed by atoms with Crippen LogP contribution in [0.25, 0.3) is 10.9 Å². The van der Waals surface area contributed by atoms with Gasteiger partial charge >= 0.3 is 5.97 Å². The largest absolute Gasteiger partial charge is 0.480 e. The number of hydrogen-bond acceptors (Lipinski definition) is 4. The third kappa shape index (κ3) is 3.28. The lowest BCUT2D eigenvalue weighted by Crippen LogP contribution is -2.40. The molecule has 1 aromatic carbocycles. The van der Waals surface area contributed by atoms with Gasteiger partial charge in [0.1, 0.15) is 11.9 Å². The van der Waals surface area contributed by atoms with E-state index in [1.54, 1.807) is 23.1 Å². The van der Waals surface area contributed by atoms with Crippen molar-refractivity contribution in [3.8, 4) is 0 Å². The van der Waals surface area contributed by atoms with Crippen LogP contribution in [0.5, 0.6) is 0 Å². The number of fused-ring (bicyclic) bond motifs is 1. The summed E-state index contributed by atoms with van der Waals surface area (Å²) in [4.78, 5) is 32.2. The van der Waals surface area contributed by atoms with E-state index in [9.17, 15) is 14.7 Å². The zero-order valence-electron chi connectivity index (χ0n) is 12.2. The maximum Gasteiger partial charge on any atom is 0.320 e. The maximum atomic E-state index is 12.0. The molecule has 2 aromatic rings. The number of aliphatic carboxylic acids is 1. The molecule has 0 saturated carbocycles. The molecule has 6 heteroatoms. The second kappa shape index (κ2) is 6.49. The molecule has 0 radical (unpaired) electrons. The van der Waals surface area contributed by atoms with Gasteiger partial charge in [-0.15, -0.1) is 0 Å². The second-order valence-electron chi connectivity index (χ2n) is 4.86. The summed E-state index contributed by atoms with van der Waals surface area (Å²) in [6, 6.07) is 6.52. The number of carboxylic acid groups (broad SMARTS) is 1. The minimum absolute atomic E-state index is 0.199. The molecule has 1 atom stereocenters. The van der Waals surface area contributed by atoms with Gasteiger partial charge in [0.25, 0.3) is 5.56 Å². The van der Waals surface area contributed by atoms with Gasteiger partial charge in [0, 0.05) is 0 Å². The molecular weight excluding hydrogens is 270 g/mol. The summed E-state index contributed by atoms with van der Waals surface area (Å²) in [6.07, 6.45) is 0.501. The molecule has 0 aliphatic carbocycles. The van der Waals surface area contributed by atoms with Crippen molar-refractivity contribution < 1.29 is 9.90 Å². The minimum Gasteiger partial charge on any atom is -0.480 e. The number of benzene rings is 1. The molecular formula is C15H19N3O3. The number of hydrogen-bond donors (Lipinski definition) is 2. The van der Waals surface area contributed by atoms with Gasteiger partial charge in [-0.05, 0) is 25.1 Å². The van der Waals surface area contributed by atoms with Crippen molar-refractivity contribution in [1.82, 2.24) is 14.9 Å². The number of aromatic nitrogens is 2. The van der Waals surface area contributed by atoms with Crippen LogP contribution in [0.4, 0.5) is 0 Å². The van der Waals surface area contributed by atoms with E-state index in [0.29, 0.717) is 36.2 Å². The lowest BCUT2D eigenvalue weighted by atomic mass is 10.2. The first-order valence-corrected chi connectivity index (χ1v) is 7.01. The number of nitrogens with zero attached hydrogens (tertiary/aromatic N) is 2. The fourth-order valence-corrected chi connectivity index (χ4v) is 2.43. The van der Waals surface area contributed by atoms with Crippen LogP contribution in [0.3, 0.4) is 0 Å². The molecule has 21 heavy (non-hydrogen) atoms. The van der Waals surface area contributed by atoms with Crippen LogP contribution in [0, 0.1) is 0 Å². The highest BCUT2D eigenvalue weighted by Crippen LogP contribution is 2.10. The van der Waals surface area contributed by atoms with E-state index in [4.69, 9.17) is 0 Å². The minimum atomic E-state index is -0.859. The van der Waals surface area contributed by atoms with Crippen LogP contribution in [0.2, 0.25) is 0 Å². The fraction of sp³-hybridized carbons (Fsp3) is 0.400. The topological polar surface area (TPSA) is 86.3 Å². The summed E-state index contributed by atoms with van der Waals surface area (Å²) in [5.41, 5.74) is 0.422. The van der Waals surface area contributed by atoms with E-state index in [0.717, 1.165) is 0 Å². The van der Waals surface area contributed by atoms with E-state index in [1.165, 1.54) is 0 Å². The summed E-state index contributed by atoms with van der Waals surface area (Å²) < 4.78 is 0. The quantitative estimate of drug-likeness (QED) is 0.843. The van der Waals surface area contributed by atoms with Gasteiger partial charge in [-0.1, -0.05) is 26.0 Å². The first kappa shape index (κ1) is 15.2. The summed E-state index contributed by atoms with van der Waals surface area (Å²) in [6.45, 7) is 4.60. The van der Waals surface area contributed by atoms with Crippen LogP contribution < -0.4 is 5.56 Å². The van der Waals surface area contributed by atoms with Crippen LogP contribution in [0.1, 0.15) is 26.1 Å². The second-order valence-corrected chi connectivity index (χ2v) is 4.86. The van der Waals surface area contributed by atoms with Crippen LogP contribution in [0.15, 0.2) is 29.1 Å². The van der Waals surface area contributed by atoms with E-state index in [1.807, 2.05) is 19.9 Å². The van der Waals surface area contributed by atoms with Crippen LogP contribution in [-0.2, 0) is 11.3 Å². The number of rotatable bonds is 6. The zero-order valence-corrected chi connectivity index (χ0v) is 12.2. The molecule has 0 saturated heterocycles. The van der Waals surface area contributed by atoms with Crippen molar-refractivity contribution in [2.75, 3.05) is 6.54 Å². The van der Waals surface area contributed by atoms with Crippen molar-refractivity contribution in [3.05, 3.63) is 40.4 Å². The Labute approximate surface area is 122 Å². The molecule has 2 rings (SSSR count). The van der Waals surface area contributed by atoms with E-state index in [2.05, 4.69) is 9.97 Å². The Morgan fingerprint density at radius 2 is 2.10 bits per heavy atom. The number of nitrogens with one attached hydrogen (secondary N) is 1. The van der Waals surface area contributed by atoms with Gasteiger partial charge in [-0.2, -0.15) is 0 Å². The van der Waals surface area contributed by atoms with Gasteiger partial charge < -0.3 is 10.1 Å². The number of carbonyl (C=O) groups is 1. The highest BCUT2D eigenvalue weighted by Gasteiger charge is 2.23. The van der Waals surface area contributed by atoms with E-state index in [-0.39, 0.29) is 5.56 Å². The molecule has 1 heterocycles. The first-order chi connectivity index (χ1) is 10.1. The first-order valence-electron chi connectivity index (χ1n) is 7.01. The summed E-state index contributed by atoms with van der Waals surface area (Å²) in [5.74, 6) is -0.372. The monoisotopic (exact) mass is 289 g/mol. The maximum absolute atomic E-state index is 12.0. The van der Waals surface area contributed by atoms with Gasteiger partial charge in [0.05, 0.1) is 17.4 Å². The van der Waals surface area contributed by atoms with Crippen LogP contribution >= 0.6 is 0 Å². The number of para-hydroxylation sites is 1. The Bertz CT molecular complexity index is 696. The average molecular weight is 289 g/mol. The van der Waals surface area contributed by atoms with Gasteiger partial charge in [-0.25, -0.2) is 4.98 Å². The lowest BCUT2D eigenvalue weighted by Gasteiger charge is -2.26. The number of likely N-dealkylation sites (N-methyl/N-ethyl adjacent to an activating group) is 1. The SMILES string of the molecule is CCC(C(=O)O)N(CC)Cc1nc2ccccc2c(=O)[nH]1. The number of carboxylic acids is 1. The predicted molar refractivity (Wildman–Crippen MR) is 80.2 cm³/mol. The molecule has 0 spiro atoms. The van der Waals surface area contributed by atoms with Crippen molar-refractivity contribution in [2.45, 2.75) is 32.9 Å². The third-order valence-corrected chi connectivity index (χ3v) is 3.53. The average Bonchev–Trinajstić information content (AvgIpc) is 2.46. The van der Waals surface area contributed by atoms with Gasteiger partial charge in [-0.3, -0.25) is 14.5 Å². The summed E-state index contributed by atoms with van der Waals surface area (Å²) >= 11 is 0. The molecule has 0 amide bonds. The predicted octanol–water partition coefficient (Wildman–Crippen LogP) is 1.61. The van der Waals surface area contributed by atoms with Gasteiger partial charge in [0.15, 0.2) is 0 Å². The Morgan fingerprint density at radius 1 is 1.38 bits per heavy atom. The molecule has 0 bridgehead atoms. The third-order valence-electron chi connectivity index (χ3n) is 3.53. The standard InChI is InChI=1S/C15H19N3O3/c1-3-12(15(20)21)18(4-2)9-13-16-11-8-6-5-7-10(11)14(19)17-13/h5-8,12H,3-4,9H2,1-2H3,(H,20,21)(H,16,17,19). The molecule has 6 nitrogen and oxygen atoms in total. The summed E-state index contributed by atoms with van der Waals surface area (Å²) in [5, 5.41) is 9.78. The Kier molecular flexibility index (Phi) is 4.70. The molecule has 112 valence electrons. The highest BCUT2D eigenvalue weighted by atomic mass is 16.4. The van der Waals surface area contributed by atoms with Gasteiger partial charge in [0.2, 0.25) is 0 Å². The number of H-pyrrole nitrogens is 1. The Morgan fingerprint density at radius 3 is 2.71 bits per heavy atom. The summed E-state index contributed by atoms with van der Waals surface area (Å²) in [7, 11) is 0. The van der Waals surface area contributed by atoms with Crippen LogP contribution in [-0.4, -0.2) is 38.5 Å². The Hall–Kier alpha value is -2.21.